The fourth-order valence-corrected chi connectivity index (χ4v) is 3.50. The third-order valence-electron chi connectivity index (χ3n) is 4.97. The number of hydrogen-bond donors (Lipinski definition) is 1. The molecule has 32 heavy (non-hydrogen) atoms. The Morgan fingerprint density at radius 2 is 1.66 bits per heavy atom. The highest BCUT2D eigenvalue weighted by atomic mass is 19.1. The van der Waals surface area contributed by atoms with Gasteiger partial charge in [-0.25, -0.2) is 9.29 Å². The molecule has 0 unspecified atom stereocenters. The van der Waals surface area contributed by atoms with Gasteiger partial charge in [0.25, 0.3) is 11.8 Å². The first-order valence-electron chi connectivity index (χ1n) is 10.1. The molecule has 0 bridgehead atoms. The van der Waals surface area contributed by atoms with Crippen molar-refractivity contribution in [2.24, 2.45) is 0 Å². The number of ether oxygens (including phenoxy) is 2. The van der Waals surface area contributed by atoms with Crippen molar-refractivity contribution in [3.63, 3.8) is 0 Å². The van der Waals surface area contributed by atoms with E-state index in [-0.39, 0.29) is 17.0 Å². The molecule has 2 amide bonds. The van der Waals surface area contributed by atoms with Crippen LogP contribution in [0.4, 0.5) is 15.8 Å². The number of carbonyl (C=O) groups excluding carboxylic acids is 2. The van der Waals surface area contributed by atoms with Gasteiger partial charge in [-0.15, -0.1) is 0 Å². The molecule has 3 aromatic carbocycles. The van der Waals surface area contributed by atoms with Crippen molar-refractivity contribution in [2.45, 2.75) is 6.92 Å². The molecule has 4 rings (SSSR count). The summed E-state index contributed by atoms with van der Waals surface area (Å²) in [6, 6.07) is 19.5. The lowest BCUT2D eigenvalue weighted by molar-refractivity contribution is -0.120. The van der Waals surface area contributed by atoms with Crippen LogP contribution in [0.1, 0.15) is 12.5 Å². The Labute approximate surface area is 184 Å². The minimum absolute atomic E-state index is 0.0515. The fourth-order valence-electron chi connectivity index (χ4n) is 3.50. The molecular formula is C25H21FN2O4. The highest BCUT2D eigenvalue weighted by Crippen LogP contribution is 2.35. The van der Waals surface area contributed by atoms with Gasteiger partial charge in [0.2, 0.25) is 0 Å². The SMILES string of the molecule is CCOc1ccc(C2=C(Nc3cccc(OC)c3)C(=O)N(c3ccccc3F)C2=O)cc1. The molecule has 7 heteroatoms. The van der Waals surface area contributed by atoms with Crippen LogP contribution in [0.2, 0.25) is 0 Å². The average Bonchev–Trinajstić information content (AvgIpc) is 3.04. The van der Waals surface area contributed by atoms with Crippen molar-refractivity contribution in [3.05, 3.63) is 89.9 Å². The predicted octanol–water partition coefficient (Wildman–Crippen LogP) is 4.63. The van der Waals surface area contributed by atoms with Crippen LogP contribution in [0, 0.1) is 5.82 Å². The Morgan fingerprint density at radius 3 is 2.34 bits per heavy atom. The molecule has 0 saturated heterocycles. The fraction of sp³-hybridized carbons (Fsp3) is 0.120. The summed E-state index contributed by atoms with van der Waals surface area (Å²) >= 11 is 0. The maximum Gasteiger partial charge on any atom is 0.282 e. The van der Waals surface area contributed by atoms with E-state index in [0.29, 0.717) is 29.4 Å². The number of carbonyl (C=O) groups is 2. The normalized spacial score (nSPS) is 13.5. The smallest absolute Gasteiger partial charge is 0.282 e. The lowest BCUT2D eigenvalue weighted by Gasteiger charge is -2.16. The summed E-state index contributed by atoms with van der Waals surface area (Å²) in [5, 5.41) is 3.04. The summed E-state index contributed by atoms with van der Waals surface area (Å²) in [5.41, 5.74) is 1.16. The Morgan fingerprint density at radius 1 is 0.906 bits per heavy atom. The number of nitrogens with zero attached hydrogens (tertiary/aromatic N) is 1. The maximum absolute atomic E-state index is 14.5. The summed E-state index contributed by atoms with van der Waals surface area (Å²) in [5.74, 6) is -0.702. The second-order valence-corrected chi connectivity index (χ2v) is 6.96. The summed E-state index contributed by atoms with van der Waals surface area (Å²) in [7, 11) is 1.54. The zero-order valence-electron chi connectivity index (χ0n) is 17.6. The molecule has 1 aliphatic heterocycles. The third kappa shape index (κ3) is 3.92. The van der Waals surface area contributed by atoms with Crippen LogP contribution >= 0.6 is 0 Å². The number of amides is 2. The third-order valence-corrected chi connectivity index (χ3v) is 4.97. The Bertz CT molecular complexity index is 1200. The molecule has 0 saturated carbocycles. The van der Waals surface area contributed by atoms with Gasteiger partial charge in [-0.1, -0.05) is 30.3 Å². The van der Waals surface area contributed by atoms with E-state index in [4.69, 9.17) is 9.47 Å². The van der Waals surface area contributed by atoms with Crippen LogP contribution in [0.5, 0.6) is 11.5 Å². The van der Waals surface area contributed by atoms with Crippen molar-refractivity contribution < 1.29 is 23.5 Å². The molecule has 162 valence electrons. The number of benzene rings is 3. The molecule has 1 heterocycles. The van der Waals surface area contributed by atoms with Crippen molar-refractivity contribution >= 4 is 28.8 Å². The van der Waals surface area contributed by atoms with Crippen molar-refractivity contribution in [1.29, 1.82) is 0 Å². The quantitative estimate of drug-likeness (QED) is 0.552. The minimum atomic E-state index is -0.664. The standard InChI is InChI=1S/C25H21FN2O4/c1-3-32-18-13-11-16(12-14-18)22-23(27-17-7-6-8-19(15-17)31-2)25(30)28(24(22)29)21-10-5-4-9-20(21)26/h4-15,27H,3H2,1-2H3. The van der Waals surface area contributed by atoms with E-state index >= 15 is 0 Å². The second kappa shape index (κ2) is 8.93. The van der Waals surface area contributed by atoms with Gasteiger partial charge in [-0.05, 0) is 48.9 Å². The van der Waals surface area contributed by atoms with Gasteiger partial charge in [0, 0.05) is 11.8 Å². The van der Waals surface area contributed by atoms with E-state index in [9.17, 15) is 14.0 Å². The minimum Gasteiger partial charge on any atom is -0.497 e. The largest absolute Gasteiger partial charge is 0.497 e. The Kier molecular flexibility index (Phi) is 5.89. The molecule has 1 aliphatic rings. The zero-order chi connectivity index (χ0) is 22.7. The van der Waals surface area contributed by atoms with Crippen LogP contribution in [0.3, 0.4) is 0 Å². The van der Waals surface area contributed by atoms with Crippen LogP contribution in [0.15, 0.2) is 78.5 Å². The number of imide groups is 1. The average molecular weight is 432 g/mol. The summed E-state index contributed by atoms with van der Waals surface area (Å²) in [6.07, 6.45) is 0. The van der Waals surface area contributed by atoms with Gasteiger partial charge >= 0.3 is 0 Å². The van der Waals surface area contributed by atoms with Gasteiger partial charge < -0.3 is 14.8 Å². The highest BCUT2D eigenvalue weighted by molar-refractivity contribution is 6.46. The zero-order valence-corrected chi connectivity index (χ0v) is 17.6. The molecular weight excluding hydrogens is 411 g/mol. The lowest BCUT2D eigenvalue weighted by Crippen LogP contribution is -2.33. The summed E-state index contributed by atoms with van der Waals surface area (Å²) in [6.45, 7) is 2.38. The van der Waals surface area contributed by atoms with Crippen molar-refractivity contribution in [3.8, 4) is 11.5 Å². The molecule has 0 atom stereocenters. The molecule has 0 aromatic heterocycles. The second-order valence-electron chi connectivity index (χ2n) is 6.96. The Balaban J connectivity index is 1.81. The van der Waals surface area contributed by atoms with Crippen LogP contribution in [0.25, 0.3) is 5.57 Å². The van der Waals surface area contributed by atoms with E-state index in [1.54, 1.807) is 54.6 Å². The van der Waals surface area contributed by atoms with E-state index in [0.717, 1.165) is 4.90 Å². The van der Waals surface area contributed by atoms with Crippen molar-refractivity contribution in [2.75, 3.05) is 23.9 Å². The number of methoxy groups -OCH3 is 1. The number of para-hydroxylation sites is 1. The van der Waals surface area contributed by atoms with E-state index in [1.807, 2.05) is 6.92 Å². The molecule has 0 fully saturated rings. The van der Waals surface area contributed by atoms with Gasteiger partial charge in [-0.2, -0.15) is 0 Å². The van der Waals surface area contributed by atoms with E-state index in [2.05, 4.69) is 5.32 Å². The van der Waals surface area contributed by atoms with Gasteiger partial charge in [0.15, 0.2) is 0 Å². The van der Waals surface area contributed by atoms with Gasteiger partial charge in [-0.3, -0.25) is 9.59 Å². The topological polar surface area (TPSA) is 67.9 Å². The number of rotatable bonds is 7. The molecule has 0 spiro atoms. The maximum atomic E-state index is 14.5. The van der Waals surface area contributed by atoms with Gasteiger partial charge in [0.1, 0.15) is 23.0 Å². The van der Waals surface area contributed by atoms with Crippen molar-refractivity contribution in [1.82, 2.24) is 0 Å². The summed E-state index contributed by atoms with van der Waals surface area (Å²) < 4.78 is 25.2. The summed E-state index contributed by atoms with van der Waals surface area (Å²) in [4.78, 5) is 27.6. The van der Waals surface area contributed by atoms with Gasteiger partial charge in [0.05, 0.1) is 25.0 Å². The van der Waals surface area contributed by atoms with Crippen LogP contribution < -0.4 is 19.7 Å². The number of hydrogen-bond acceptors (Lipinski definition) is 5. The van der Waals surface area contributed by atoms with Crippen LogP contribution in [-0.4, -0.2) is 25.5 Å². The predicted molar refractivity (Wildman–Crippen MR) is 120 cm³/mol. The van der Waals surface area contributed by atoms with Crippen LogP contribution in [-0.2, 0) is 9.59 Å². The molecule has 6 nitrogen and oxygen atoms in total. The molecule has 1 N–H and O–H groups in total. The Hall–Kier alpha value is -4.13. The monoisotopic (exact) mass is 432 g/mol. The number of anilines is 2. The lowest BCUT2D eigenvalue weighted by atomic mass is 10.0. The first-order valence-corrected chi connectivity index (χ1v) is 10.1. The van der Waals surface area contributed by atoms with E-state index < -0.39 is 17.6 Å². The number of nitrogens with one attached hydrogen (secondary N) is 1. The molecule has 0 aliphatic carbocycles. The first kappa shape index (κ1) is 21.1. The number of halogens is 1. The molecule has 0 radical (unpaired) electrons. The highest BCUT2D eigenvalue weighted by Gasteiger charge is 2.41. The molecule has 3 aromatic rings. The first-order chi connectivity index (χ1) is 15.5. The van der Waals surface area contributed by atoms with E-state index in [1.165, 1.54) is 25.3 Å².